The van der Waals surface area contributed by atoms with Gasteiger partial charge in [-0.2, -0.15) is 0 Å². The third kappa shape index (κ3) is 7.26. The number of nitrogens with one attached hydrogen (secondary N) is 2. The normalized spacial score (nSPS) is 21.2. The third-order valence-electron chi connectivity index (χ3n) is 7.65. The molecule has 3 amide bonds. The van der Waals surface area contributed by atoms with E-state index in [0.29, 0.717) is 30.1 Å². The van der Waals surface area contributed by atoms with Gasteiger partial charge in [-0.25, -0.2) is 4.79 Å². The van der Waals surface area contributed by atoms with Crippen molar-refractivity contribution in [1.29, 1.82) is 0 Å². The number of urea groups is 1. The van der Waals surface area contributed by atoms with Crippen molar-refractivity contribution in [3.63, 3.8) is 0 Å². The van der Waals surface area contributed by atoms with Gasteiger partial charge in [0.15, 0.2) is 0 Å². The number of aliphatic hydroxyl groups is 1. The Hall–Kier alpha value is -3.10. The molecule has 0 saturated heterocycles. The highest BCUT2D eigenvalue weighted by molar-refractivity contribution is 5.99. The lowest BCUT2D eigenvalue weighted by atomic mass is 9.96. The molecule has 1 saturated carbocycles. The Balaban J connectivity index is 1.53. The molecule has 1 aliphatic heterocycles. The smallest absolute Gasteiger partial charge is 0.319 e. The Kier molecular flexibility index (Phi) is 9.63. The van der Waals surface area contributed by atoms with Crippen molar-refractivity contribution >= 4 is 17.6 Å². The molecule has 8 nitrogen and oxygen atoms in total. The second-order valence-corrected chi connectivity index (χ2v) is 10.9. The summed E-state index contributed by atoms with van der Waals surface area (Å²) in [5, 5.41) is 15.9. The highest BCUT2D eigenvalue weighted by atomic mass is 16.5. The number of fused-ring (bicyclic) bond motifs is 1. The molecule has 0 unspecified atom stereocenters. The molecule has 2 aromatic carbocycles. The number of amides is 3. The number of nitrogens with zero attached hydrogens (tertiary/aromatic N) is 2. The number of carbonyl (C=O) groups is 2. The summed E-state index contributed by atoms with van der Waals surface area (Å²) in [7, 11) is 2.07. The van der Waals surface area contributed by atoms with Crippen molar-refractivity contribution in [3.05, 3.63) is 59.7 Å². The van der Waals surface area contributed by atoms with E-state index in [4.69, 9.17) is 4.74 Å². The zero-order valence-electron chi connectivity index (χ0n) is 22.9. The molecule has 1 aliphatic carbocycles. The van der Waals surface area contributed by atoms with Crippen molar-refractivity contribution in [1.82, 2.24) is 15.1 Å². The number of anilines is 1. The highest BCUT2D eigenvalue weighted by Crippen LogP contribution is 2.31. The van der Waals surface area contributed by atoms with Crippen LogP contribution in [0.5, 0.6) is 5.75 Å². The van der Waals surface area contributed by atoms with Crippen LogP contribution in [-0.4, -0.2) is 71.8 Å². The fourth-order valence-electron chi connectivity index (χ4n) is 5.38. The number of hydrogen-bond donors (Lipinski definition) is 3. The van der Waals surface area contributed by atoms with E-state index in [9.17, 15) is 14.7 Å². The Bertz CT molecular complexity index is 1070. The summed E-state index contributed by atoms with van der Waals surface area (Å²) < 4.78 is 6.49. The maximum absolute atomic E-state index is 13.7. The van der Waals surface area contributed by atoms with Crippen LogP contribution < -0.4 is 15.4 Å². The standard InChI is InChI=1S/C30H42N4O4/c1-21-17-34(22(2)20-35)29(36)26-16-25(32-30(37)31-24-12-8-5-9-13-24)14-15-27(26)38-28(21)19-33(3)18-23-10-6-4-7-11-23/h4,6-7,10-11,14-16,21-22,24,28,35H,5,8-9,12-13,17-20H2,1-3H3,(H2,31,32,37)/t21-,22+,28-/m1/s1. The Labute approximate surface area is 226 Å². The van der Waals surface area contributed by atoms with E-state index in [1.165, 1.54) is 12.0 Å². The van der Waals surface area contributed by atoms with Gasteiger partial charge in [0.1, 0.15) is 11.9 Å². The second kappa shape index (κ2) is 13.1. The fraction of sp³-hybridized carbons (Fsp3) is 0.533. The largest absolute Gasteiger partial charge is 0.488 e. The molecule has 4 rings (SSSR count). The summed E-state index contributed by atoms with van der Waals surface area (Å²) in [5.74, 6) is 0.326. The van der Waals surface area contributed by atoms with Crippen LogP contribution in [0.1, 0.15) is 61.9 Å². The first-order chi connectivity index (χ1) is 18.3. The maximum atomic E-state index is 13.7. The van der Waals surface area contributed by atoms with E-state index in [0.717, 1.165) is 32.2 Å². The predicted molar refractivity (Wildman–Crippen MR) is 149 cm³/mol. The van der Waals surface area contributed by atoms with Crippen LogP contribution in [-0.2, 0) is 6.54 Å². The summed E-state index contributed by atoms with van der Waals surface area (Å²) >= 11 is 0. The quantitative estimate of drug-likeness (QED) is 0.475. The molecule has 2 aliphatic rings. The molecule has 2 aromatic rings. The Morgan fingerprint density at radius 2 is 1.89 bits per heavy atom. The lowest BCUT2D eigenvalue weighted by Crippen LogP contribution is -2.49. The molecule has 1 heterocycles. The molecule has 1 fully saturated rings. The van der Waals surface area contributed by atoms with E-state index in [1.54, 1.807) is 23.1 Å². The number of benzene rings is 2. The van der Waals surface area contributed by atoms with Gasteiger partial charge in [0.25, 0.3) is 5.91 Å². The van der Waals surface area contributed by atoms with Crippen LogP contribution in [0.3, 0.4) is 0 Å². The number of ether oxygens (including phenoxy) is 1. The zero-order valence-corrected chi connectivity index (χ0v) is 22.9. The predicted octanol–water partition coefficient (Wildman–Crippen LogP) is 4.49. The van der Waals surface area contributed by atoms with Gasteiger partial charge < -0.3 is 25.4 Å². The number of carbonyl (C=O) groups excluding carboxylic acids is 2. The van der Waals surface area contributed by atoms with Crippen LogP contribution in [0, 0.1) is 5.92 Å². The van der Waals surface area contributed by atoms with Crippen LogP contribution >= 0.6 is 0 Å². The van der Waals surface area contributed by atoms with Gasteiger partial charge in [-0.3, -0.25) is 9.69 Å². The Morgan fingerprint density at radius 3 is 2.61 bits per heavy atom. The first-order valence-electron chi connectivity index (χ1n) is 13.9. The molecule has 38 heavy (non-hydrogen) atoms. The molecule has 0 bridgehead atoms. The molecule has 0 aromatic heterocycles. The van der Waals surface area contributed by atoms with E-state index in [1.807, 2.05) is 25.1 Å². The van der Waals surface area contributed by atoms with Gasteiger partial charge in [0.05, 0.1) is 18.2 Å². The molecule has 3 N–H and O–H groups in total. The third-order valence-corrected chi connectivity index (χ3v) is 7.65. The summed E-state index contributed by atoms with van der Waals surface area (Å²) in [6, 6.07) is 15.1. The Morgan fingerprint density at radius 1 is 1.16 bits per heavy atom. The molecule has 3 atom stereocenters. The summed E-state index contributed by atoms with van der Waals surface area (Å²) in [6.07, 6.45) is 5.31. The van der Waals surface area contributed by atoms with Crippen LogP contribution in [0.2, 0.25) is 0 Å². The molecule has 8 heteroatoms. The monoisotopic (exact) mass is 522 g/mol. The average molecular weight is 523 g/mol. The maximum Gasteiger partial charge on any atom is 0.319 e. The first kappa shape index (κ1) is 27.9. The van der Waals surface area contributed by atoms with Gasteiger partial charge in [0, 0.05) is 37.3 Å². The van der Waals surface area contributed by atoms with Crippen molar-refractivity contribution in [2.75, 3.05) is 32.1 Å². The van der Waals surface area contributed by atoms with Crippen molar-refractivity contribution in [2.24, 2.45) is 5.92 Å². The van der Waals surface area contributed by atoms with Crippen molar-refractivity contribution in [3.8, 4) is 5.75 Å². The van der Waals surface area contributed by atoms with Gasteiger partial charge in [-0.1, -0.05) is 56.5 Å². The summed E-state index contributed by atoms with van der Waals surface area (Å²) in [6.45, 7) is 5.73. The number of rotatable bonds is 8. The van der Waals surface area contributed by atoms with E-state index in [-0.39, 0.29) is 42.7 Å². The van der Waals surface area contributed by atoms with Crippen LogP contribution in [0.25, 0.3) is 0 Å². The molecular formula is C30H42N4O4. The zero-order chi connectivity index (χ0) is 27.1. The summed E-state index contributed by atoms with van der Waals surface area (Å²) in [4.78, 5) is 30.3. The molecular weight excluding hydrogens is 480 g/mol. The fourth-order valence-corrected chi connectivity index (χ4v) is 5.38. The highest BCUT2D eigenvalue weighted by Gasteiger charge is 2.33. The average Bonchev–Trinajstić information content (AvgIpc) is 2.91. The van der Waals surface area contributed by atoms with Crippen molar-refractivity contribution < 1.29 is 19.4 Å². The minimum absolute atomic E-state index is 0.0402. The van der Waals surface area contributed by atoms with Gasteiger partial charge >= 0.3 is 6.03 Å². The lowest BCUT2D eigenvalue weighted by molar-refractivity contribution is 0.0341. The molecule has 206 valence electrons. The van der Waals surface area contributed by atoms with E-state index in [2.05, 4.69) is 41.6 Å². The van der Waals surface area contributed by atoms with Gasteiger partial charge in [-0.15, -0.1) is 0 Å². The van der Waals surface area contributed by atoms with E-state index >= 15 is 0 Å². The van der Waals surface area contributed by atoms with E-state index < -0.39 is 0 Å². The topological polar surface area (TPSA) is 94.1 Å². The summed E-state index contributed by atoms with van der Waals surface area (Å²) in [5.41, 5.74) is 2.15. The molecule has 0 spiro atoms. The first-order valence-corrected chi connectivity index (χ1v) is 13.9. The minimum Gasteiger partial charge on any atom is -0.488 e. The second-order valence-electron chi connectivity index (χ2n) is 10.9. The number of hydrogen-bond acceptors (Lipinski definition) is 5. The minimum atomic E-state index is -0.343. The lowest BCUT2D eigenvalue weighted by Gasteiger charge is -2.38. The van der Waals surface area contributed by atoms with Gasteiger partial charge in [0.2, 0.25) is 0 Å². The van der Waals surface area contributed by atoms with Gasteiger partial charge in [-0.05, 0) is 50.6 Å². The molecule has 0 radical (unpaired) electrons. The van der Waals surface area contributed by atoms with Crippen LogP contribution in [0.4, 0.5) is 10.5 Å². The SMILES string of the molecule is C[C@@H]1CN([C@@H](C)CO)C(=O)c2cc(NC(=O)NC3CCCCC3)ccc2O[C@@H]1CN(C)Cc1ccccc1. The van der Waals surface area contributed by atoms with Crippen LogP contribution in [0.15, 0.2) is 48.5 Å². The number of likely N-dealkylation sites (N-methyl/N-ethyl adjacent to an activating group) is 1. The van der Waals surface area contributed by atoms with Crippen molar-refractivity contribution in [2.45, 2.75) is 70.7 Å². The number of aliphatic hydroxyl groups excluding tert-OH is 1.